The van der Waals surface area contributed by atoms with E-state index >= 15 is 0 Å². The molecule has 36 heavy (non-hydrogen) atoms. The first-order chi connectivity index (χ1) is 17.3. The molecule has 0 saturated carbocycles. The van der Waals surface area contributed by atoms with Crippen molar-refractivity contribution < 1.29 is 13.6 Å². The van der Waals surface area contributed by atoms with Gasteiger partial charge in [-0.3, -0.25) is 9.79 Å². The highest BCUT2D eigenvalue weighted by atomic mass is 19.1. The summed E-state index contributed by atoms with van der Waals surface area (Å²) < 4.78 is 29.7. The van der Waals surface area contributed by atoms with Crippen LogP contribution in [0.5, 0.6) is 0 Å². The molecule has 1 aliphatic heterocycles. The SMILES string of the molecule is C=Nc1c(-c2c(F)cc(C(=O)N(C)C)cc2F)c[nH]c1N=CCc1ccc(N2CCN(C)CC2)cc1. The third-order valence-electron chi connectivity index (χ3n) is 6.31. The van der Waals surface area contributed by atoms with Crippen molar-refractivity contribution in [3.05, 3.63) is 65.4 Å². The number of hydrogen-bond acceptors (Lipinski definition) is 5. The molecule has 1 aliphatic rings. The van der Waals surface area contributed by atoms with Crippen molar-refractivity contribution in [1.82, 2.24) is 14.8 Å². The number of nitrogens with zero attached hydrogens (tertiary/aromatic N) is 5. The summed E-state index contributed by atoms with van der Waals surface area (Å²) in [4.78, 5) is 29.4. The molecule has 188 valence electrons. The summed E-state index contributed by atoms with van der Waals surface area (Å²) in [5.41, 5.74) is 2.37. The van der Waals surface area contributed by atoms with E-state index < -0.39 is 17.5 Å². The molecule has 0 atom stereocenters. The minimum atomic E-state index is -0.861. The Labute approximate surface area is 209 Å². The van der Waals surface area contributed by atoms with E-state index in [9.17, 15) is 13.6 Å². The predicted molar refractivity (Wildman–Crippen MR) is 141 cm³/mol. The standard InChI is InChI=1S/C27H30F2N6O/c1-30-25-21(24-22(28)15-19(16-23(24)29)27(36)33(2)3)17-32-26(25)31-10-9-18-5-7-20(8-6-18)35-13-11-34(4)12-14-35/h5-8,10,15-17,32H,1,9,11-14H2,2-4H3. The zero-order valence-electron chi connectivity index (χ0n) is 20.8. The van der Waals surface area contributed by atoms with Gasteiger partial charge in [-0.15, -0.1) is 0 Å². The molecule has 2 aromatic carbocycles. The number of amides is 1. The summed E-state index contributed by atoms with van der Waals surface area (Å²) in [5.74, 6) is -1.86. The molecular formula is C27H30F2N6O. The Bertz CT molecular complexity index is 1250. The lowest BCUT2D eigenvalue weighted by Crippen LogP contribution is -2.44. The second-order valence-electron chi connectivity index (χ2n) is 9.04. The maximum Gasteiger partial charge on any atom is 0.253 e. The van der Waals surface area contributed by atoms with Crippen molar-refractivity contribution in [2.24, 2.45) is 9.98 Å². The van der Waals surface area contributed by atoms with Crippen LogP contribution >= 0.6 is 0 Å². The topological polar surface area (TPSA) is 67.3 Å². The number of anilines is 1. The number of likely N-dealkylation sites (N-methyl/N-ethyl adjacent to an activating group) is 1. The number of nitrogens with one attached hydrogen (secondary N) is 1. The van der Waals surface area contributed by atoms with Crippen LogP contribution < -0.4 is 4.90 Å². The first-order valence-electron chi connectivity index (χ1n) is 11.7. The fourth-order valence-electron chi connectivity index (χ4n) is 4.22. The van der Waals surface area contributed by atoms with Crippen molar-refractivity contribution in [1.29, 1.82) is 0 Å². The van der Waals surface area contributed by atoms with Gasteiger partial charge in [0.15, 0.2) is 5.82 Å². The Morgan fingerprint density at radius 2 is 1.75 bits per heavy atom. The third-order valence-corrected chi connectivity index (χ3v) is 6.31. The van der Waals surface area contributed by atoms with E-state index in [4.69, 9.17) is 0 Å². The van der Waals surface area contributed by atoms with Crippen LogP contribution in [0.3, 0.4) is 0 Å². The molecule has 9 heteroatoms. The van der Waals surface area contributed by atoms with Crippen LogP contribution in [0.2, 0.25) is 0 Å². The molecule has 0 spiro atoms. The van der Waals surface area contributed by atoms with E-state index in [1.165, 1.54) is 30.9 Å². The van der Waals surface area contributed by atoms with Gasteiger partial charge in [0.25, 0.3) is 5.91 Å². The summed E-state index contributed by atoms with van der Waals surface area (Å²) in [5, 5.41) is 0. The number of halogens is 2. The largest absolute Gasteiger partial charge is 0.369 e. The van der Waals surface area contributed by atoms with Gasteiger partial charge in [-0.2, -0.15) is 0 Å². The summed E-state index contributed by atoms with van der Waals surface area (Å²) in [6.07, 6.45) is 3.75. The van der Waals surface area contributed by atoms with E-state index in [2.05, 4.69) is 62.8 Å². The number of aliphatic imine (C=N–C) groups is 2. The highest BCUT2D eigenvalue weighted by molar-refractivity contribution is 5.95. The fraction of sp³-hybridized carbons (Fsp3) is 0.296. The van der Waals surface area contributed by atoms with Gasteiger partial charge < -0.3 is 19.7 Å². The number of hydrogen-bond donors (Lipinski definition) is 1. The van der Waals surface area contributed by atoms with Crippen molar-refractivity contribution in [2.75, 3.05) is 52.2 Å². The Hall–Kier alpha value is -3.85. The third kappa shape index (κ3) is 5.36. The molecule has 0 radical (unpaired) electrons. The zero-order valence-corrected chi connectivity index (χ0v) is 20.8. The first-order valence-corrected chi connectivity index (χ1v) is 11.7. The summed E-state index contributed by atoms with van der Waals surface area (Å²) in [6.45, 7) is 7.68. The molecule has 0 unspecified atom stereocenters. The van der Waals surface area contributed by atoms with Crippen LogP contribution in [-0.2, 0) is 6.42 Å². The van der Waals surface area contributed by atoms with Gasteiger partial charge in [-0.05, 0) is 43.6 Å². The van der Waals surface area contributed by atoms with Crippen molar-refractivity contribution in [3.63, 3.8) is 0 Å². The maximum absolute atomic E-state index is 14.9. The molecule has 1 saturated heterocycles. The van der Waals surface area contributed by atoms with Crippen LogP contribution in [0, 0.1) is 11.6 Å². The molecular weight excluding hydrogens is 462 g/mol. The molecule has 1 N–H and O–H groups in total. The Balaban J connectivity index is 1.49. The van der Waals surface area contributed by atoms with E-state index in [-0.39, 0.29) is 22.4 Å². The van der Waals surface area contributed by atoms with Gasteiger partial charge in [-0.1, -0.05) is 12.1 Å². The quantitative estimate of drug-likeness (QED) is 0.487. The number of aromatic amines is 1. The van der Waals surface area contributed by atoms with Crippen LogP contribution in [-0.4, -0.2) is 80.9 Å². The maximum atomic E-state index is 14.9. The molecule has 3 aromatic rings. The van der Waals surface area contributed by atoms with E-state index in [1.807, 2.05) is 0 Å². The number of rotatable bonds is 7. The summed E-state index contributed by atoms with van der Waals surface area (Å²) >= 11 is 0. The molecule has 0 bridgehead atoms. The summed E-state index contributed by atoms with van der Waals surface area (Å²) in [6, 6.07) is 10.4. The van der Waals surface area contributed by atoms with Crippen LogP contribution in [0.4, 0.5) is 26.0 Å². The molecule has 0 aliphatic carbocycles. The molecule has 7 nitrogen and oxygen atoms in total. The molecule has 4 rings (SSSR count). The molecule has 1 amide bonds. The average molecular weight is 493 g/mol. The minimum Gasteiger partial charge on any atom is -0.369 e. The second-order valence-corrected chi connectivity index (χ2v) is 9.04. The van der Waals surface area contributed by atoms with Gasteiger partial charge >= 0.3 is 0 Å². The first kappa shape index (κ1) is 25.2. The number of H-pyrrole nitrogens is 1. The lowest BCUT2D eigenvalue weighted by Gasteiger charge is -2.34. The highest BCUT2D eigenvalue weighted by Crippen LogP contribution is 2.40. The average Bonchev–Trinajstić information content (AvgIpc) is 3.26. The lowest BCUT2D eigenvalue weighted by atomic mass is 10.0. The summed E-state index contributed by atoms with van der Waals surface area (Å²) in [7, 11) is 5.17. The minimum absolute atomic E-state index is 0.0701. The van der Waals surface area contributed by atoms with Crippen molar-refractivity contribution >= 4 is 36.0 Å². The van der Waals surface area contributed by atoms with Crippen LogP contribution in [0.25, 0.3) is 11.1 Å². The van der Waals surface area contributed by atoms with Crippen molar-refractivity contribution in [3.8, 4) is 11.1 Å². The van der Waals surface area contributed by atoms with Crippen molar-refractivity contribution in [2.45, 2.75) is 6.42 Å². The lowest BCUT2D eigenvalue weighted by molar-refractivity contribution is 0.0826. The molecule has 2 heterocycles. The Kier molecular flexibility index (Phi) is 7.59. The van der Waals surface area contributed by atoms with E-state index in [1.54, 1.807) is 6.21 Å². The van der Waals surface area contributed by atoms with Gasteiger partial charge in [0, 0.05) is 75.9 Å². The number of carbonyl (C=O) groups excluding carboxylic acids is 1. The Morgan fingerprint density at radius 1 is 1.11 bits per heavy atom. The van der Waals surface area contributed by atoms with Crippen LogP contribution in [0.15, 0.2) is 52.6 Å². The Morgan fingerprint density at radius 3 is 2.33 bits per heavy atom. The number of benzene rings is 2. The predicted octanol–water partition coefficient (Wildman–Crippen LogP) is 4.69. The molecule has 1 aromatic heterocycles. The fourth-order valence-corrected chi connectivity index (χ4v) is 4.22. The van der Waals surface area contributed by atoms with Gasteiger partial charge in [0.2, 0.25) is 0 Å². The molecule has 1 fully saturated rings. The van der Waals surface area contributed by atoms with Gasteiger partial charge in [0.05, 0.1) is 5.56 Å². The monoisotopic (exact) mass is 492 g/mol. The highest BCUT2D eigenvalue weighted by Gasteiger charge is 2.22. The normalized spacial score (nSPS) is 14.4. The number of aromatic nitrogens is 1. The van der Waals surface area contributed by atoms with Gasteiger partial charge in [-0.25, -0.2) is 13.8 Å². The zero-order chi connectivity index (χ0) is 25.8. The second kappa shape index (κ2) is 10.8. The van der Waals surface area contributed by atoms with Crippen LogP contribution in [0.1, 0.15) is 15.9 Å². The number of piperazine rings is 1. The van der Waals surface area contributed by atoms with E-state index in [0.717, 1.165) is 43.9 Å². The number of carbonyl (C=O) groups is 1. The smallest absolute Gasteiger partial charge is 0.253 e. The van der Waals surface area contributed by atoms with E-state index in [0.29, 0.717) is 12.2 Å². The van der Waals surface area contributed by atoms with Gasteiger partial charge in [0.1, 0.15) is 17.3 Å².